The van der Waals surface area contributed by atoms with Crippen LogP contribution in [0.25, 0.3) is 0 Å². The van der Waals surface area contributed by atoms with Crippen LogP contribution in [0.3, 0.4) is 0 Å². The highest BCUT2D eigenvalue weighted by Gasteiger charge is 2.11. The van der Waals surface area contributed by atoms with E-state index in [0.717, 1.165) is 6.54 Å². The number of hydrogen-bond acceptors (Lipinski definition) is 4. The van der Waals surface area contributed by atoms with Crippen molar-refractivity contribution in [3.8, 4) is 0 Å². The Morgan fingerprint density at radius 1 is 1.28 bits per heavy atom. The first-order chi connectivity index (χ1) is 8.59. The van der Waals surface area contributed by atoms with Crippen LogP contribution in [0.15, 0.2) is 30.6 Å². The van der Waals surface area contributed by atoms with Gasteiger partial charge in [0.1, 0.15) is 12.0 Å². The molecule has 0 fully saturated rings. The molecule has 0 bridgehead atoms. The number of aromatic nitrogens is 2. The first kappa shape index (κ1) is 12.6. The van der Waals surface area contributed by atoms with E-state index < -0.39 is 0 Å². The second-order valence-corrected chi connectivity index (χ2v) is 4.54. The zero-order chi connectivity index (χ0) is 13.1. The van der Waals surface area contributed by atoms with E-state index in [1.54, 1.807) is 0 Å². The molecule has 0 atom stereocenters. The molecule has 94 valence electrons. The van der Waals surface area contributed by atoms with Gasteiger partial charge in [-0.1, -0.05) is 35.9 Å². The van der Waals surface area contributed by atoms with Crippen molar-refractivity contribution >= 4 is 23.1 Å². The minimum absolute atomic E-state index is 0.289. The third-order valence-electron chi connectivity index (χ3n) is 2.84. The summed E-state index contributed by atoms with van der Waals surface area (Å²) in [7, 11) is 1.93. The van der Waals surface area contributed by atoms with Crippen LogP contribution in [0.5, 0.6) is 0 Å². The Labute approximate surface area is 111 Å². The van der Waals surface area contributed by atoms with Crippen LogP contribution < -0.4 is 10.6 Å². The molecule has 0 amide bonds. The van der Waals surface area contributed by atoms with Gasteiger partial charge in [0.15, 0.2) is 11.0 Å². The van der Waals surface area contributed by atoms with Crippen molar-refractivity contribution in [3.05, 3.63) is 46.9 Å². The molecule has 0 saturated carbocycles. The number of nitrogens with two attached hydrogens (primary N) is 1. The van der Waals surface area contributed by atoms with Gasteiger partial charge in [0.05, 0.1) is 0 Å². The molecule has 0 saturated heterocycles. The van der Waals surface area contributed by atoms with Crippen molar-refractivity contribution in [2.75, 3.05) is 17.7 Å². The predicted octanol–water partition coefficient (Wildman–Crippen LogP) is 2.66. The van der Waals surface area contributed by atoms with Crippen molar-refractivity contribution in [2.45, 2.75) is 13.5 Å². The summed E-state index contributed by atoms with van der Waals surface area (Å²) in [6.07, 6.45) is 1.42. The third-order valence-corrected chi connectivity index (χ3v) is 3.15. The number of nitrogens with zero attached hydrogens (tertiary/aromatic N) is 3. The average Bonchev–Trinajstić information content (AvgIpc) is 2.35. The molecule has 0 spiro atoms. The molecule has 18 heavy (non-hydrogen) atoms. The maximum Gasteiger partial charge on any atom is 0.157 e. The molecule has 5 heteroatoms. The van der Waals surface area contributed by atoms with E-state index in [2.05, 4.69) is 29.0 Å². The van der Waals surface area contributed by atoms with Gasteiger partial charge in [-0.15, -0.1) is 0 Å². The average molecular weight is 263 g/mol. The van der Waals surface area contributed by atoms with Crippen LogP contribution in [-0.2, 0) is 6.54 Å². The molecule has 1 heterocycles. The Morgan fingerprint density at radius 3 is 2.72 bits per heavy atom. The lowest BCUT2D eigenvalue weighted by molar-refractivity contribution is 0.887. The SMILES string of the molecule is Cc1ccccc1CN(C)c1ncnc(Cl)c1N. The van der Waals surface area contributed by atoms with Gasteiger partial charge >= 0.3 is 0 Å². The summed E-state index contributed by atoms with van der Waals surface area (Å²) >= 11 is 5.89. The van der Waals surface area contributed by atoms with Gasteiger partial charge in [-0.3, -0.25) is 0 Å². The van der Waals surface area contributed by atoms with Gasteiger partial charge in [0, 0.05) is 13.6 Å². The van der Waals surface area contributed by atoms with Crippen molar-refractivity contribution in [1.82, 2.24) is 9.97 Å². The van der Waals surface area contributed by atoms with Gasteiger partial charge in [0.2, 0.25) is 0 Å². The van der Waals surface area contributed by atoms with E-state index in [1.807, 2.05) is 24.1 Å². The lowest BCUT2D eigenvalue weighted by Gasteiger charge is -2.20. The maximum absolute atomic E-state index is 5.89. The summed E-state index contributed by atoms with van der Waals surface area (Å²) in [6.45, 7) is 2.81. The molecule has 0 aliphatic rings. The standard InChI is InChI=1S/C13H15ClN4/c1-9-5-3-4-6-10(9)7-18(2)13-11(15)12(14)16-8-17-13/h3-6,8H,7,15H2,1-2H3. The van der Waals surface area contributed by atoms with E-state index in [4.69, 9.17) is 17.3 Å². The molecular weight excluding hydrogens is 248 g/mol. The molecule has 0 radical (unpaired) electrons. The second kappa shape index (κ2) is 5.23. The fourth-order valence-electron chi connectivity index (χ4n) is 1.79. The van der Waals surface area contributed by atoms with E-state index >= 15 is 0 Å². The van der Waals surface area contributed by atoms with Gasteiger partial charge in [-0.05, 0) is 18.1 Å². The number of benzene rings is 1. The number of anilines is 2. The third kappa shape index (κ3) is 2.54. The Kier molecular flexibility index (Phi) is 3.67. The smallest absolute Gasteiger partial charge is 0.157 e. The monoisotopic (exact) mass is 262 g/mol. The van der Waals surface area contributed by atoms with Crippen molar-refractivity contribution in [1.29, 1.82) is 0 Å². The zero-order valence-electron chi connectivity index (χ0n) is 10.4. The molecule has 1 aromatic heterocycles. The number of halogens is 1. The molecular formula is C13H15ClN4. The quantitative estimate of drug-likeness (QED) is 0.864. The zero-order valence-corrected chi connectivity index (χ0v) is 11.1. The summed E-state index contributed by atoms with van der Waals surface area (Å²) in [5, 5.41) is 0.289. The van der Waals surface area contributed by atoms with Crippen molar-refractivity contribution < 1.29 is 0 Å². The Balaban J connectivity index is 2.25. The highest BCUT2D eigenvalue weighted by atomic mass is 35.5. The number of hydrogen-bond donors (Lipinski definition) is 1. The van der Waals surface area contributed by atoms with Crippen LogP contribution in [0.4, 0.5) is 11.5 Å². The lowest BCUT2D eigenvalue weighted by Crippen LogP contribution is -2.20. The van der Waals surface area contributed by atoms with Gasteiger partial charge in [0.25, 0.3) is 0 Å². The fraction of sp³-hybridized carbons (Fsp3) is 0.231. The van der Waals surface area contributed by atoms with E-state index in [9.17, 15) is 0 Å². The minimum Gasteiger partial charge on any atom is -0.393 e. The van der Waals surface area contributed by atoms with Gasteiger partial charge in [-0.2, -0.15) is 0 Å². The number of nitrogen functional groups attached to an aromatic ring is 1. The largest absolute Gasteiger partial charge is 0.393 e. The molecule has 4 nitrogen and oxygen atoms in total. The maximum atomic E-state index is 5.89. The Bertz CT molecular complexity index is 556. The molecule has 2 aromatic rings. The second-order valence-electron chi connectivity index (χ2n) is 4.18. The van der Waals surface area contributed by atoms with Crippen LogP contribution in [0.1, 0.15) is 11.1 Å². The van der Waals surface area contributed by atoms with Crippen molar-refractivity contribution in [3.63, 3.8) is 0 Å². The summed E-state index contributed by atoms with van der Waals surface area (Å²) in [6, 6.07) is 8.21. The molecule has 0 unspecified atom stereocenters. The van der Waals surface area contributed by atoms with E-state index in [-0.39, 0.29) is 5.15 Å². The minimum atomic E-state index is 0.289. The summed E-state index contributed by atoms with van der Waals surface area (Å²) in [4.78, 5) is 9.98. The number of aryl methyl sites for hydroxylation is 1. The van der Waals surface area contributed by atoms with Crippen LogP contribution in [0, 0.1) is 6.92 Å². The number of rotatable bonds is 3. The van der Waals surface area contributed by atoms with Crippen LogP contribution >= 0.6 is 11.6 Å². The molecule has 0 aliphatic carbocycles. The Hall–Kier alpha value is -1.81. The summed E-state index contributed by atoms with van der Waals surface area (Å²) in [5.41, 5.74) is 8.76. The molecule has 2 rings (SSSR count). The summed E-state index contributed by atoms with van der Waals surface area (Å²) in [5.74, 6) is 0.651. The molecule has 0 aliphatic heterocycles. The van der Waals surface area contributed by atoms with Crippen molar-refractivity contribution in [2.24, 2.45) is 0 Å². The van der Waals surface area contributed by atoms with Gasteiger partial charge < -0.3 is 10.6 Å². The fourth-order valence-corrected chi connectivity index (χ4v) is 1.92. The summed E-state index contributed by atoms with van der Waals surface area (Å²) < 4.78 is 0. The topological polar surface area (TPSA) is 55.0 Å². The highest BCUT2D eigenvalue weighted by molar-refractivity contribution is 6.32. The molecule has 2 N–H and O–H groups in total. The first-order valence-corrected chi connectivity index (χ1v) is 5.99. The predicted molar refractivity (Wildman–Crippen MR) is 74.7 cm³/mol. The molecule has 1 aromatic carbocycles. The van der Waals surface area contributed by atoms with E-state index in [1.165, 1.54) is 17.5 Å². The van der Waals surface area contributed by atoms with E-state index in [0.29, 0.717) is 11.5 Å². The first-order valence-electron chi connectivity index (χ1n) is 5.61. The lowest BCUT2D eigenvalue weighted by atomic mass is 10.1. The highest BCUT2D eigenvalue weighted by Crippen LogP contribution is 2.26. The normalized spacial score (nSPS) is 10.4. The van der Waals surface area contributed by atoms with Gasteiger partial charge in [-0.25, -0.2) is 9.97 Å². The van der Waals surface area contributed by atoms with Crippen LogP contribution in [0.2, 0.25) is 5.15 Å². The van der Waals surface area contributed by atoms with Crippen LogP contribution in [-0.4, -0.2) is 17.0 Å². The Morgan fingerprint density at radius 2 is 2.00 bits per heavy atom.